The van der Waals surface area contributed by atoms with E-state index in [0.717, 1.165) is 0 Å². The van der Waals surface area contributed by atoms with Crippen LogP contribution in [0, 0.1) is 0 Å². The van der Waals surface area contributed by atoms with Crippen molar-refractivity contribution in [3.8, 4) is 0 Å². The van der Waals surface area contributed by atoms with E-state index in [9.17, 15) is 35.9 Å². The van der Waals surface area contributed by atoms with E-state index in [4.69, 9.17) is 11.6 Å². The van der Waals surface area contributed by atoms with Crippen molar-refractivity contribution in [2.24, 2.45) is 0 Å². The van der Waals surface area contributed by atoms with Gasteiger partial charge in [-0.1, -0.05) is 0 Å². The van der Waals surface area contributed by atoms with E-state index in [0.29, 0.717) is 0 Å². The zero-order valence-electron chi connectivity index (χ0n) is 8.06. The summed E-state index contributed by atoms with van der Waals surface area (Å²) in [5.74, 6) is -7.02. The largest absolute Gasteiger partial charge is 0.465 e. The molecule has 0 aromatic carbocycles. The molecule has 0 aromatic heterocycles. The molecule has 104 valence electrons. The fourth-order valence-electron chi connectivity index (χ4n) is 1.16. The number of esters is 1. The molecule has 1 rings (SSSR count). The number of rotatable bonds is 2. The van der Waals surface area contributed by atoms with Gasteiger partial charge < -0.3 is 9.47 Å². The van der Waals surface area contributed by atoms with Crippen molar-refractivity contribution >= 4 is 22.8 Å². The van der Waals surface area contributed by atoms with Gasteiger partial charge in [0.05, 0.1) is 6.42 Å². The lowest BCUT2D eigenvalue weighted by atomic mass is 10.2. The molecule has 1 saturated heterocycles. The van der Waals surface area contributed by atoms with Gasteiger partial charge in [0, 0.05) is 0 Å². The third kappa shape index (κ3) is 2.39. The van der Waals surface area contributed by atoms with Crippen LogP contribution in [-0.4, -0.2) is 35.5 Å². The summed E-state index contributed by atoms with van der Waals surface area (Å²) in [6.45, 7) is 0. The minimum absolute atomic E-state index is 1.16. The molecule has 11 heteroatoms. The van der Waals surface area contributed by atoms with Crippen LogP contribution < -0.4 is 0 Å². The van der Waals surface area contributed by atoms with Gasteiger partial charge in [-0.15, -0.1) is 0 Å². The number of ether oxygens (including phenoxy) is 2. The van der Waals surface area contributed by atoms with Crippen molar-refractivity contribution in [2.75, 3.05) is 0 Å². The van der Waals surface area contributed by atoms with Crippen molar-refractivity contribution in [3.05, 3.63) is 0 Å². The van der Waals surface area contributed by atoms with Crippen LogP contribution >= 0.6 is 11.6 Å². The Morgan fingerprint density at radius 2 is 1.67 bits per heavy atom. The van der Waals surface area contributed by atoms with Gasteiger partial charge in [-0.3, -0.25) is 4.79 Å². The zero-order chi connectivity index (χ0) is 14.4. The molecule has 1 aliphatic rings. The van der Waals surface area contributed by atoms with Gasteiger partial charge in [0.25, 0.3) is 0 Å². The van der Waals surface area contributed by atoms with Crippen molar-refractivity contribution < 1.29 is 45.4 Å². The van der Waals surface area contributed by atoms with E-state index in [1.807, 2.05) is 0 Å². The normalized spacial score (nSPS) is 23.9. The molecule has 0 amide bonds. The Bertz CT molecular complexity index is 361. The van der Waals surface area contributed by atoms with Gasteiger partial charge in [-0.05, 0) is 11.6 Å². The fraction of sp³-hybridized carbons (Fsp3) is 0.714. The Hall–Kier alpha value is -1.03. The molecule has 1 aliphatic heterocycles. The second-order valence-electron chi connectivity index (χ2n) is 3.20. The Labute approximate surface area is 99.8 Å². The maximum absolute atomic E-state index is 12.4. The first-order valence-corrected chi connectivity index (χ1v) is 4.51. The zero-order valence-corrected chi connectivity index (χ0v) is 8.82. The molecule has 0 spiro atoms. The molecule has 1 heterocycles. The second-order valence-corrected chi connectivity index (χ2v) is 3.62. The van der Waals surface area contributed by atoms with Gasteiger partial charge in [0.1, 0.15) is 0 Å². The first-order valence-electron chi connectivity index (χ1n) is 4.13. The summed E-state index contributed by atoms with van der Waals surface area (Å²) >= 11 is 4.76. The average molecular weight is 301 g/mol. The SMILES string of the molecule is O=C(Cl)C[C@@H]1OC(C(F)(F)F)(C(F)(F)F)OC1=O. The molecule has 1 fully saturated rings. The van der Waals surface area contributed by atoms with Crippen LogP contribution in [0.3, 0.4) is 0 Å². The Balaban J connectivity index is 3.12. The van der Waals surface area contributed by atoms with E-state index in [2.05, 4.69) is 9.47 Å². The molecule has 0 radical (unpaired) electrons. The van der Waals surface area contributed by atoms with Crippen molar-refractivity contribution in [1.82, 2.24) is 0 Å². The summed E-state index contributed by atoms with van der Waals surface area (Å²) in [6.07, 6.45) is -15.6. The number of carbonyl (C=O) groups excluding carboxylic acids is 2. The smallest absolute Gasteiger partial charge is 0.414 e. The van der Waals surface area contributed by atoms with E-state index in [-0.39, 0.29) is 0 Å². The summed E-state index contributed by atoms with van der Waals surface area (Å²) in [5, 5.41) is -1.34. The van der Waals surface area contributed by atoms with Crippen LogP contribution in [0.1, 0.15) is 6.42 Å². The molecular formula is C7H3ClF6O4. The van der Waals surface area contributed by atoms with E-state index in [1.165, 1.54) is 0 Å². The average Bonchev–Trinajstić information content (AvgIpc) is 2.41. The van der Waals surface area contributed by atoms with E-state index < -0.39 is 41.9 Å². The summed E-state index contributed by atoms with van der Waals surface area (Å²) in [5.41, 5.74) is 0. The molecule has 0 bridgehead atoms. The van der Waals surface area contributed by atoms with Crippen molar-refractivity contribution in [1.29, 1.82) is 0 Å². The number of alkyl halides is 6. The van der Waals surface area contributed by atoms with Gasteiger partial charge in [-0.2, -0.15) is 26.3 Å². The summed E-state index contributed by atoms with van der Waals surface area (Å²) in [4.78, 5) is 21.2. The third-order valence-corrected chi connectivity index (χ3v) is 2.06. The standard InChI is InChI=1S/C7H3ClF6O4/c8-3(15)1-2-4(16)18-5(17-2,6(9,10)11)7(12,13)14/h2H,1H2/t2-/m0/s1. The summed E-state index contributed by atoms with van der Waals surface area (Å²) in [6, 6.07) is 0. The van der Waals surface area contributed by atoms with Crippen molar-refractivity contribution in [2.45, 2.75) is 30.7 Å². The Kier molecular flexibility index (Phi) is 3.56. The van der Waals surface area contributed by atoms with Gasteiger partial charge >= 0.3 is 24.1 Å². The van der Waals surface area contributed by atoms with Gasteiger partial charge in [-0.25, -0.2) is 4.79 Å². The number of hydrogen-bond acceptors (Lipinski definition) is 4. The molecule has 0 aliphatic carbocycles. The first-order chi connectivity index (χ1) is 7.91. The van der Waals surface area contributed by atoms with Crippen LogP contribution in [0.2, 0.25) is 0 Å². The maximum Gasteiger partial charge on any atom is 0.465 e. The molecule has 1 atom stereocenters. The van der Waals surface area contributed by atoms with Crippen LogP contribution in [-0.2, 0) is 19.1 Å². The first kappa shape index (κ1) is 15.0. The number of halogens is 7. The molecule has 0 N–H and O–H groups in total. The number of carbonyl (C=O) groups is 2. The van der Waals surface area contributed by atoms with Gasteiger partial charge in [0.15, 0.2) is 6.10 Å². The van der Waals surface area contributed by atoms with Crippen LogP contribution in [0.25, 0.3) is 0 Å². The summed E-state index contributed by atoms with van der Waals surface area (Å²) in [7, 11) is 0. The minimum Gasteiger partial charge on any atom is -0.414 e. The predicted octanol–water partition coefficient (Wildman–Crippen LogP) is 1.90. The predicted molar refractivity (Wildman–Crippen MR) is 41.3 cm³/mol. The molecule has 0 saturated carbocycles. The van der Waals surface area contributed by atoms with Crippen LogP contribution in [0.15, 0.2) is 0 Å². The highest BCUT2D eigenvalue weighted by Crippen LogP contribution is 2.50. The second kappa shape index (κ2) is 4.26. The molecule has 0 unspecified atom stereocenters. The third-order valence-electron chi connectivity index (χ3n) is 1.91. The lowest BCUT2D eigenvalue weighted by Gasteiger charge is -2.30. The maximum atomic E-state index is 12.4. The van der Waals surface area contributed by atoms with Crippen LogP contribution in [0.5, 0.6) is 0 Å². The van der Waals surface area contributed by atoms with Crippen LogP contribution in [0.4, 0.5) is 26.3 Å². The highest BCUT2D eigenvalue weighted by molar-refractivity contribution is 6.63. The number of cyclic esters (lactones) is 1. The lowest BCUT2D eigenvalue weighted by molar-refractivity contribution is -0.439. The highest BCUT2D eigenvalue weighted by atomic mass is 35.5. The molecule has 0 aromatic rings. The van der Waals surface area contributed by atoms with E-state index >= 15 is 0 Å². The summed E-state index contributed by atoms with van der Waals surface area (Å²) < 4.78 is 81.0. The molecule has 18 heavy (non-hydrogen) atoms. The van der Waals surface area contributed by atoms with Gasteiger partial charge in [0.2, 0.25) is 5.24 Å². The van der Waals surface area contributed by atoms with E-state index in [1.54, 1.807) is 0 Å². The molecule has 4 nitrogen and oxygen atoms in total. The lowest BCUT2D eigenvalue weighted by Crippen LogP contribution is -2.58. The Morgan fingerprint density at radius 1 is 1.22 bits per heavy atom. The fourth-order valence-corrected chi connectivity index (χ4v) is 1.30. The Morgan fingerprint density at radius 3 is 1.94 bits per heavy atom. The van der Waals surface area contributed by atoms with Crippen molar-refractivity contribution in [3.63, 3.8) is 0 Å². The topological polar surface area (TPSA) is 52.6 Å². The number of hydrogen-bond donors (Lipinski definition) is 0. The minimum atomic E-state index is -6.04. The molecular weight excluding hydrogens is 298 g/mol. The highest BCUT2D eigenvalue weighted by Gasteiger charge is 2.80. The monoisotopic (exact) mass is 300 g/mol. The quantitative estimate of drug-likeness (QED) is 0.444.